The largest absolute Gasteiger partial charge is 0.497 e. The van der Waals surface area contributed by atoms with E-state index in [0.717, 1.165) is 22.6 Å². The summed E-state index contributed by atoms with van der Waals surface area (Å²) >= 11 is 6.30. The van der Waals surface area contributed by atoms with Crippen LogP contribution in [0.25, 0.3) is 23.0 Å². The van der Waals surface area contributed by atoms with Crippen molar-refractivity contribution in [1.29, 1.82) is 0 Å². The smallest absolute Gasteiger partial charge is 0.258 e. The van der Waals surface area contributed by atoms with Crippen molar-refractivity contribution < 1.29 is 14.0 Å². The van der Waals surface area contributed by atoms with Gasteiger partial charge in [0.1, 0.15) is 11.9 Å². The molecule has 2 aromatic carbocycles. The molecule has 0 bridgehead atoms. The van der Waals surface area contributed by atoms with Crippen LogP contribution in [0.1, 0.15) is 17.4 Å². The third-order valence-corrected chi connectivity index (χ3v) is 5.17. The average molecular weight is 410 g/mol. The molecule has 2 aromatic heterocycles. The number of methoxy groups -OCH3 is 1. The van der Waals surface area contributed by atoms with Gasteiger partial charge in [-0.3, -0.25) is 0 Å². The fourth-order valence-electron chi connectivity index (χ4n) is 3.28. The van der Waals surface area contributed by atoms with E-state index in [-0.39, 0.29) is 6.10 Å². The van der Waals surface area contributed by atoms with Crippen molar-refractivity contribution in [3.05, 3.63) is 64.8 Å². The van der Waals surface area contributed by atoms with Gasteiger partial charge in [-0.1, -0.05) is 40.2 Å². The van der Waals surface area contributed by atoms with Crippen molar-refractivity contribution >= 4 is 11.6 Å². The molecule has 1 aliphatic heterocycles. The zero-order valence-electron chi connectivity index (χ0n) is 15.4. The van der Waals surface area contributed by atoms with Crippen LogP contribution in [0.5, 0.6) is 5.75 Å². The Bertz CT molecular complexity index is 1160. The molecule has 146 valence electrons. The van der Waals surface area contributed by atoms with E-state index in [9.17, 15) is 0 Å². The topological polar surface area (TPSA) is 88.1 Å². The zero-order chi connectivity index (χ0) is 19.8. The summed E-state index contributed by atoms with van der Waals surface area (Å²) in [5, 5.41) is 13.2. The summed E-state index contributed by atoms with van der Waals surface area (Å²) in [6.07, 6.45) is -0.189. The second-order valence-electron chi connectivity index (χ2n) is 6.54. The first-order valence-electron chi connectivity index (χ1n) is 9.00. The van der Waals surface area contributed by atoms with E-state index in [0.29, 0.717) is 35.6 Å². The van der Waals surface area contributed by atoms with Crippen molar-refractivity contribution in [2.75, 3.05) is 7.11 Å². The Morgan fingerprint density at radius 3 is 2.76 bits per heavy atom. The molecule has 0 amide bonds. The first kappa shape index (κ1) is 17.8. The fraction of sp³-hybridized carbons (Fsp3) is 0.200. The van der Waals surface area contributed by atoms with Crippen LogP contribution in [-0.4, -0.2) is 32.2 Å². The Morgan fingerprint density at radius 1 is 1.14 bits per heavy atom. The van der Waals surface area contributed by atoms with Crippen LogP contribution in [0.4, 0.5) is 0 Å². The highest BCUT2D eigenvalue weighted by molar-refractivity contribution is 6.31. The fourth-order valence-corrected chi connectivity index (χ4v) is 3.54. The van der Waals surface area contributed by atoms with E-state index in [1.54, 1.807) is 11.8 Å². The van der Waals surface area contributed by atoms with Gasteiger partial charge < -0.3 is 14.0 Å². The highest BCUT2D eigenvalue weighted by Crippen LogP contribution is 2.33. The second-order valence-corrected chi connectivity index (χ2v) is 6.95. The minimum Gasteiger partial charge on any atom is -0.497 e. The third kappa shape index (κ3) is 3.26. The van der Waals surface area contributed by atoms with Gasteiger partial charge in [0, 0.05) is 16.1 Å². The van der Waals surface area contributed by atoms with Crippen LogP contribution in [0.15, 0.2) is 53.1 Å². The Labute approximate surface area is 171 Å². The summed E-state index contributed by atoms with van der Waals surface area (Å²) in [4.78, 5) is 4.47. The van der Waals surface area contributed by atoms with Crippen LogP contribution in [0.2, 0.25) is 5.02 Å². The van der Waals surface area contributed by atoms with Crippen molar-refractivity contribution in [3.63, 3.8) is 0 Å². The Morgan fingerprint density at radius 2 is 1.97 bits per heavy atom. The molecule has 1 atom stereocenters. The van der Waals surface area contributed by atoms with Crippen LogP contribution >= 0.6 is 11.6 Å². The standard InChI is InChI=1S/C20H16ClN5O3/c1-27-13-8-6-12(7-9-13)20-22-19(24-29-20)18-16-11-28-17(10-26(16)25-23-18)14-4-2-3-5-15(14)21/h2-9,17H,10-11H2,1H3/t17-/m0/s1. The lowest BCUT2D eigenvalue weighted by atomic mass is 10.1. The molecule has 5 rings (SSSR count). The summed E-state index contributed by atoms with van der Waals surface area (Å²) in [6.45, 7) is 0.833. The van der Waals surface area contributed by atoms with E-state index in [1.807, 2.05) is 48.5 Å². The molecule has 1 aliphatic rings. The minimum absolute atomic E-state index is 0.189. The maximum absolute atomic E-state index is 6.30. The van der Waals surface area contributed by atoms with Gasteiger partial charge in [0.25, 0.3) is 5.89 Å². The molecule has 0 N–H and O–H groups in total. The number of fused-ring (bicyclic) bond motifs is 1. The quantitative estimate of drug-likeness (QED) is 0.504. The summed E-state index contributed by atoms with van der Waals surface area (Å²) in [5.74, 6) is 1.53. The Kier molecular flexibility index (Phi) is 4.49. The molecule has 0 saturated heterocycles. The molecule has 0 spiro atoms. The van der Waals surface area contributed by atoms with Gasteiger partial charge in [-0.2, -0.15) is 4.98 Å². The van der Waals surface area contributed by atoms with Gasteiger partial charge in [-0.05, 0) is 30.3 Å². The maximum Gasteiger partial charge on any atom is 0.258 e. The molecule has 0 unspecified atom stereocenters. The molecule has 8 nitrogen and oxygen atoms in total. The maximum atomic E-state index is 6.30. The number of hydrogen-bond donors (Lipinski definition) is 0. The van der Waals surface area contributed by atoms with Gasteiger partial charge in [0.05, 0.1) is 26.0 Å². The third-order valence-electron chi connectivity index (χ3n) is 4.82. The van der Waals surface area contributed by atoms with Crippen molar-refractivity contribution in [2.45, 2.75) is 19.3 Å². The zero-order valence-corrected chi connectivity index (χ0v) is 16.2. The van der Waals surface area contributed by atoms with Gasteiger partial charge in [-0.25, -0.2) is 4.68 Å². The van der Waals surface area contributed by atoms with Crippen LogP contribution in [0.3, 0.4) is 0 Å². The number of nitrogens with zero attached hydrogens (tertiary/aromatic N) is 5. The molecular weight excluding hydrogens is 394 g/mol. The molecule has 4 aromatic rings. The number of halogens is 1. The van der Waals surface area contributed by atoms with E-state index in [1.165, 1.54) is 0 Å². The van der Waals surface area contributed by atoms with E-state index in [4.69, 9.17) is 25.6 Å². The summed E-state index contributed by atoms with van der Waals surface area (Å²) in [5.41, 5.74) is 3.07. The highest BCUT2D eigenvalue weighted by Gasteiger charge is 2.28. The van der Waals surface area contributed by atoms with Crippen LogP contribution < -0.4 is 4.74 Å². The number of benzene rings is 2. The number of ether oxygens (including phenoxy) is 2. The van der Waals surface area contributed by atoms with Gasteiger partial charge in [-0.15, -0.1) is 5.10 Å². The first-order chi connectivity index (χ1) is 14.2. The monoisotopic (exact) mass is 409 g/mol. The van der Waals surface area contributed by atoms with Gasteiger partial charge in [0.2, 0.25) is 5.82 Å². The lowest BCUT2D eigenvalue weighted by molar-refractivity contribution is -0.00106. The van der Waals surface area contributed by atoms with Crippen LogP contribution in [0, 0.1) is 0 Å². The average Bonchev–Trinajstić information content (AvgIpc) is 3.41. The Hall–Kier alpha value is -3.23. The highest BCUT2D eigenvalue weighted by atomic mass is 35.5. The predicted octanol–water partition coefficient (Wildman–Crippen LogP) is 3.93. The minimum atomic E-state index is -0.189. The van der Waals surface area contributed by atoms with E-state index >= 15 is 0 Å². The molecule has 29 heavy (non-hydrogen) atoms. The normalized spacial score (nSPS) is 15.9. The molecule has 9 heteroatoms. The first-order valence-corrected chi connectivity index (χ1v) is 9.37. The number of aromatic nitrogens is 5. The molecular formula is C20H16ClN5O3. The second kappa shape index (κ2) is 7.31. The lowest BCUT2D eigenvalue weighted by Crippen LogP contribution is -2.22. The number of hydrogen-bond acceptors (Lipinski definition) is 7. The van der Waals surface area contributed by atoms with E-state index in [2.05, 4.69) is 20.5 Å². The number of rotatable bonds is 4. The summed E-state index contributed by atoms with van der Waals surface area (Å²) in [6, 6.07) is 15.0. The van der Waals surface area contributed by atoms with E-state index < -0.39 is 0 Å². The van der Waals surface area contributed by atoms with Gasteiger partial charge in [0.15, 0.2) is 5.69 Å². The molecule has 0 aliphatic carbocycles. The SMILES string of the molecule is COc1ccc(-c2nc(-c3nnn4c3CO[C@H](c3ccccc3Cl)C4)no2)cc1. The summed E-state index contributed by atoms with van der Waals surface area (Å²) < 4.78 is 18.4. The molecule has 3 heterocycles. The lowest BCUT2D eigenvalue weighted by Gasteiger charge is -2.24. The van der Waals surface area contributed by atoms with Crippen molar-refractivity contribution in [3.8, 4) is 28.7 Å². The van der Waals surface area contributed by atoms with Gasteiger partial charge >= 0.3 is 0 Å². The summed E-state index contributed by atoms with van der Waals surface area (Å²) in [7, 11) is 1.62. The molecule has 0 fully saturated rings. The predicted molar refractivity (Wildman–Crippen MR) is 104 cm³/mol. The Balaban J connectivity index is 1.41. The van der Waals surface area contributed by atoms with Crippen molar-refractivity contribution in [2.24, 2.45) is 0 Å². The molecule has 0 saturated carbocycles. The van der Waals surface area contributed by atoms with Crippen molar-refractivity contribution in [1.82, 2.24) is 25.1 Å². The van der Waals surface area contributed by atoms with Crippen LogP contribution in [-0.2, 0) is 17.9 Å². The molecule has 0 radical (unpaired) electrons.